The van der Waals surface area contributed by atoms with E-state index in [-0.39, 0.29) is 5.82 Å². The molecule has 94 valence electrons. The van der Waals surface area contributed by atoms with Gasteiger partial charge in [0.25, 0.3) is 0 Å². The molecule has 0 radical (unpaired) electrons. The monoisotopic (exact) mass is 309 g/mol. The molecule has 1 N–H and O–H groups in total. The lowest BCUT2D eigenvalue weighted by Crippen LogP contribution is -2.02. The van der Waals surface area contributed by atoms with Crippen LogP contribution in [0.4, 0.5) is 10.2 Å². The van der Waals surface area contributed by atoms with Gasteiger partial charge >= 0.3 is 0 Å². The maximum atomic E-state index is 13.8. The van der Waals surface area contributed by atoms with Crippen molar-refractivity contribution in [3.05, 3.63) is 34.6 Å². The zero-order valence-corrected chi connectivity index (χ0v) is 11.5. The van der Waals surface area contributed by atoms with Crippen molar-refractivity contribution in [1.29, 1.82) is 0 Å². The lowest BCUT2D eigenvalue weighted by atomic mass is 10.1. The largest absolute Gasteiger partial charge is 0.366 e. The molecule has 0 amide bonds. The lowest BCUT2D eigenvalue weighted by molar-refractivity contribution is 0.628. The van der Waals surface area contributed by atoms with Crippen molar-refractivity contribution in [2.24, 2.45) is 7.05 Å². The fourth-order valence-corrected chi connectivity index (χ4v) is 2.28. The molecular weight excluding hydrogens is 297 g/mol. The average molecular weight is 310 g/mol. The second kappa shape index (κ2) is 4.39. The van der Waals surface area contributed by atoms with E-state index in [1.165, 1.54) is 18.9 Å². The van der Waals surface area contributed by atoms with Gasteiger partial charge in [0, 0.05) is 29.2 Å². The van der Waals surface area contributed by atoms with Crippen LogP contribution in [0.1, 0.15) is 12.8 Å². The average Bonchev–Trinajstić information content (AvgIpc) is 3.06. The number of benzene rings is 1. The number of halogens is 2. The van der Waals surface area contributed by atoms with E-state index < -0.39 is 0 Å². The topological polar surface area (TPSA) is 29.9 Å². The third-order valence-electron chi connectivity index (χ3n) is 3.01. The molecule has 3 nitrogen and oxygen atoms in total. The van der Waals surface area contributed by atoms with Crippen molar-refractivity contribution >= 4 is 21.7 Å². The smallest absolute Gasteiger partial charge is 0.148 e. The van der Waals surface area contributed by atoms with Gasteiger partial charge in [-0.3, -0.25) is 4.68 Å². The molecule has 5 heteroatoms. The van der Waals surface area contributed by atoms with Crippen molar-refractivity contribution in [2.75, 3.05) is 5.32 Å². The quantitative estimate of drug-likeness (QED) is 0.939. The highest BCUT2D eigenvalue weighted by atomic mass is 79.9. The third kappa shape index (κ3) is 2.27. The van der Waals surface area contributed by atoms with Gasteiger partial charge in [0.2, 0.25) is 0 Å². The van der Waals surface area contributed by atoms with Crippen molar-refractivity contribution < 1.29 is 4.39 Å². The minimum absolute atomic E-state index is 0.237. The van der Waals surface area contributed by atoms with Crippen LogP contribution >= 0.6 is 15.9 Å². The summed E-state index contributed by atoms with van der Waals surface area (Å²) in [6, 6.07) is 7.36. The summed E-state index contributed by atoms with van der Waals surface area (Å²) in [6.07, 6.45) is 2.38. The van der Waals surface area contributed by atoms with Crippen molar-refractivity contribution in [3.63, 3.8) is 0 Å². The zero-order valence-electron chi connectivity index (χ0n) is 9.95. The Morgan fingerprint density at radius 3 is 2.89 bits per heavy atom. The maximum absolute atomic E-state index is 13.8. The molecule has 0 unspecified atom stereocenters. The van der Waals surface area contributed by atoms with Gasteiger partial charge in [0.05, 0.1) is 5.69 Å². The zero-order chi connectivity index (χ0) is 12.7. The molecule has 1 heterocycles. The van der Waals surface area contributed by atoms with E-state index in [9.17, 15) is 4.39 Å². The Hall–Kier alpha value is -1.36. The molecule has 1 aromatic heterocycles. The Morgan fingerprint density at radius 2 is 2.17 bits per heavy atom. The van der Waals surface area contributed by atoms with Crippen LogP contribution in [0, 0.1) is 5.82 Å². The Labute approximate surface area is 113 Å². The van der Waals surface area contributed by atoms with Gasteiger partial charge in [0.15, 0.2) is 0 Å². The number of anilines is 1. The lowest BCUT2D eigenvalue weighted by Gasteiger charge is -2.03. The molecule has 0 spiro atoms. The van der Waals surface area contributed by atoms with Gasteiger partial charge in [-0.1, -0.05) is 15.9 Å². The van der Waals surface area contributed by atoms with E-state index in [4.69, 9.17) is 0 Å². The van der Waals surface area contributed by atoms with E-state index in [1.54, 1.807) is 16.8 Å². The summed E-state index contributed by atoms with van der Waals surface area (Å²) < 4.78 is 16.4. The highest BCUT2D eigenvalue weighted by molar-refractivity contribution is 9.10. The summed E-state index contributed by atoms with van der Waals surface area (Å²) in [5.74, 6) is 0.577. The highest BCUT2D eigenvalue weighted by Crippen LogP contribution is 2.30. The summed E-state index contributed by atoms with van der Waals surface area (Å²) in [5.41, 5.74) is 1.33. The summed E-state index contributed by atoms with van der Waals surface area (Å²) in [4.78, 5) is 0. The standard InChI is InChI=1S/C13H13BrFN3/c1-18-12(7-13(17-18)16-9-3-4-9)10-6-8(14)2-5-11(10)15/h2,5-7,9H,3-4H2,1H3,(H,16,17). The highest BCUT2D eigenvalue weighted by Gasteiger charge is 2.22. The van der Waals surface area contributed by atoms with Crippen LogP contribution in [0.3, 0.4) is 0 Å². The second-order valence-electron chi connectivity index (χ2n) is 4.58. The summed E-state index contributed by atoms with van der Waals surface area (Å²) in [5, 5.41) is 7.68. The Morgan fingerprint density at radius 1 is 1.39 bits per heavy atom. The van der Waals surface area contributed by atoms with Crippen LogP contribution in [0.5, 0.6) is 0 Å². The normalized spacial score (nSPS) is 14.8. The molecule has 1 aliphatic rings. The summed E-state index contributed by atoms with van der Waals surface area (Å²) in [7, 11) is 1.83. The maximum Gasteiger partial charge on any atom is 0.148 e. The van der Waals surface area contributed by atoms with Gasteiger partial charge in [-0.2, -0.15) is 5.10 Å². The van der Waals surface area contributed by atoms with Gasteiger partial charge in [-0.15, -0.1) is 0 Å². The van der Waals surface area contributed by atoms with E-state index in [0.717, 1.165) is 16.0 Å². The number of hydrogen-bond donors (Lipinski definition) is 1. The molecule has 0 atom stereocenters. The van der Waals surface area contributed by atoms with Crippen molar-refractivity contribution in [3.8, 4) is 11.3 Å². The predicted octanol–water partition coefficient (Wildman–Crippen LogP) is 3.56. The molecule has 1 aromatic carbocycles. The second-order valence-corrected chi connectivity index (χ2v) is 5.50. The molecule has 0 saturated heterocycles. The third-order valence-corrected chi connectivity index (χ3v) is 3.51. The van der Waals surface area contributed by atoms with Crippen LogP contribution in [0.2, 0.25) is 0 Å². The number of nitrogens with zero attached hydrogens (tertiary/aromatic N) is 2. The fourth-order valence-electron chi connectivity index (χ4n) is 1.92. The molecule has 1 fully saturated rings. The molecule has 3 rings (SSSR count). The van der Waals surface area contributed by atoms with Gasteiger partial charge in [-0.25, -0.2) is 4.39 Å². The van der Waals surface area contributed by atoms with Crippen LogP contribution in [-0.4, -0.2) is 15.8 Å². The Balaban J connectivity index is 1.99. The first-order chi connectivity index (χ1) is 8.63. The number of nitrogens with one attached hydrogen (secondary N) is 1. The van der Waals surface area contributed by atoms with E-state index in [0.29, 0.717) is 11.6 Å². The van der Waals surface area contributed by atoms with Crippen LogP contribution < -0.4 is 5.32 Å². The first-order valence-corrected chi connectivity index (χ1v) is 6.69. The minimum atomic E-state index is -0.237. The molecular formula is C13H13BrFN3. The number of hydrogen-bond acceptors (Lipinski definition) is 2. The van der Waals surface area contributed by atoms with Crippen LogP contribution in [0.25, 0.3) is 11.3 Å². The number of aryl methyl sites for hydroxylation is 1. The first kappa shape index (κ1) is 11.7. The molecule has 0 aliphatic heterocycles. The van der Waals surface area contributed by atoms with Crippen molar-refractivity contribution in [2.45, 2.75) is 18.9 Å². The molecule has 18 heavy (non-hydrogen) atoms. The Kier molecular flexibility index (Phi) is 2.86. The molecule has 1 saturated carbocycles. The van der Waals surface area contributed by atoms with Gasteiger partial charge < -0.3 is 5.32 Å². The molecule has 1 aliphatic carbocycles. The van der Waals surface area contributed by atoms with E-state index >= 15 is 0 Å². The number of rotatable bonds is 3. The molecule has 0 bridgehead atoms. The van der Waals surface area contributed by atoms with E-state index in [2.05, 4.69) is 26.3 Å². The fraction of sp³-hybridized carbons (Fsp3) is 0.308. The number of aromatic nitrogens is 2. The molecule has 2 aromatic rings. The van der Waals surface area contributed by atoms with E-state index in [1.807, 2.05) is 13.1 Å². The predicted molar refractivity (Wildman–Crippen MR) is 72.9 cm³/mol. The minimum Gasteiger partial charge on any atom is -0.366 e. The SMILES string of the molecule is Cn1nc(NC2CC2)cc1-c1cc(Br)ccc1F. The Bertz CT molecular complexity index is 590. The summed E-state index contributed by atoms with van der Waals surface area (Å²) >= 11 is 3.36. The van der Waals surface area contributed by atoms with Crippen LogP contribution in [-0.2, 0) is 7.05 Å². The summed E-state index contributed by atoms with van der Waals surface area (Å²) in [6.45, 7) is 0. The van der Waals surface area contributed by atoms with Crippen LogP contribution in [0.15, 0.2) is 28.7 Å². The van der Waals surface area contributed by atoms with Crippen molar-refractivity contribution in [1.82, 2.24) is 9.78 Å². The van der Waals surface area contributed by atoms with Gasteiger partial charge in [0.1, 0.15) is 11.6 Å². The van der Waals surface area contributed by atoms with Gasteiger partial charge in [-0.05, 0) is 31.0 Å². The first-order valence-electron chi connectivity index (χ1n) is 5.89.